The van der Waals surface area contributed by atoms with Crippen molar-refractivity contribution in [3.8, 4) is 0 Å². The van der Waals surface area contributed by atoms with E-state index in [4.69, 9.17) is 4.74 Å². The lowest BCUT2D eigenvalue weighted by Crippen LogP contribution is -2.08. The Hall–Kier alpha value is -0.520. The third kappa shape index (κ3) is 4.24. The number of hydrogen-bond acceptors (Lipinski definition) is 3. The summed E-state index contributed by atoms with van der Waals surface area (Å²) in [4.78, 5) is 1.05. The first-order chi connectivity index (χ1) is 7.11. The summed E-state index contributed by atoms with van der Waals surface area (Å²) in [5.74, 6) is 0. The minimum absolute atomic E-state index is 0.154. The average Bonchev–Trinajstić information content (AvgIpc) is 2.58. The van der Waals surface area contributed by atoms with E-state index in [2.05, 4.69) is 0 Å². The maximum Gasteiger partial charge on any atom is 0.261 e. The molecular formula is C10H14F2O2S. The lowest BCUT2D eigenvalue weighted by molar-refractivity contribution is 0.00480. The number of thiophene rings is 1. The second-order valence-corrected chi connectivity index (χ2v) is 4.32. The van der Waals surface area contributed by atoms with E-state index in [-0.39, 0.29) is 6.61 Å². The molecule has 1 rings (SSSR count). The highest BCUT2D eigenvalue weighted by Crippen LogP contribution is 2.24. The molecule has 0 radical (unpaired) electrons. The first-order valence-corrected chi connectivity index (χ1v) is 5.57. The minimum atomic E-state index is -2.44. The third-order valence-electron chi connectivity index (χ3n) is 2.04. The van der Waals surface area contributed by atoms with Gasteiger partial charge in [0.2, 0.25) is 0 Å². The highest BCUT2D eigenvalue weighted by molar-refractivity contribution is 7.10. The van der Waals surface area contributed by atoms with E-state index >= 15 is 0 Å². The second kappa shape index (κ2) is 6.15. The Balaban J connectivity index is 2.25. The van der Waals surface area contributed by atoms with Crippen molar-refractivity contribution in [3.63, 3.8) is 0 Å². The molecule has 0 spiro atoms. The summed E-state index contributed by atoms with van der Waals surface area (Å²) in [5, 5.41) is 11.6. The molecule has 1 heterocycles. The van der Waals surface area contributed by atoms with Crippen molar-refractivity contribution < 1.29 is 18.6 Å². The summed E-state index contributed by atoms with van der Waals surface area (Å²) >= 11 is 1.56. The van der Waals surface area contributed by atoms with Crippen molar-refractivity contribution in [1.82, 2.24) is 0 Å². The molecule has 0 aliphatic rings. The molecular weight excluding hydrogens is 222 g/mol. The predicted octanol–water partition coefficient (Wildman–Crippen LogP) is 2.76. The van der Waals surface area contributed by atoms with Gasteiger partial charge in [0, 0.05) is 17.9 Å². The molecule has 2 nitrogen and oxygen atoms in total. The molecule has 1 N–H and O–H groups in total. The Morgan fingerprint density at radius 3 is 2.80 bits per heavy atom. The average molecular weight is 236 g/mol. The van der Waals surface area contributed by atoms with Crippen molar-refractivity contribution in [1.29, 1.82) is 0 Å². The van der Waals surface area contributed by atoms with Gasteiger partial charge in [0.1, 0.15) is 6.61 Å². The Kier molecular flexibility index (Phi) is 5.14. The SMILES string of the molecule is Cc1sccc1C(O)CCOCC(F)F. The largest absolute Gasteiger partial charge is 0.388 e. The number of aliphatic hydroxyl groups excluding tert-OH is 1. The van der Waals surface area contributed by atoms with Gasteiger partial charge in [0.15, 0.2) is 0 Å². The van der Waals surface area contributed by atoms with E-state index < -0.39 is 19.1 Å². The van der Waals surface area contributed by atoms with E-state index in [1.54, 1.807) is 11.3 Å². The van der Waals surface area contributed by atoms with Crippen molar-refractivity contribution in [2.45, 2.75) is 25.9 Å². The van der Waals surface area contributed by atoms with Gasteiger partial charge in [-0.05, 0) is 23.9 Å². The molecule has 15 heavy (non-hydrogen) atoms. The lowest BCUT2D eigenvalue weighted by Gasteiger charge is -2.10. The molecule has 1 aromatic heterocycles. The maximum absolute atomic E-state index is 11.7. The molecule has 0 saturated carbocycles. The van der Waals surface area contributed by atoms with Crippen molar-refractivity contribution in [2.24, 2.45) is 0 Å². The Labute approximate surface area is 91.5 Å². The number of hydrogen-bond donors (Lipinski definition) is 1. The summed E-state index contributed by atoms with van der Waals surface area (Å²) in [7, 11) is 0. The molecule has 0 bridgehead atoms. The molecule has 86 valence electrons. The number of aliphatic hydroxyl groups is 1. The first kappa shape index (κ1) is 12.5. The molecule has 0 aromatic carbocycles. The molecule has 0 fully saturated rings. The Bertz CT molecular complexity index is 289. The maximum atomic E-state index is 11.7. The molecule has 0 amide bonds. The highest BCUT2D eigenvalue weighted by Gasteiger charge is 2.11. The van der Waals surface area contributed by atoms with Gasteiger partial charge in [-0.3, -0.25) is 0 Å². The summed E-state index contributed by atoms with van der Waals surface area (Å²) in [6, 6.07) is 1.85. The van der Waals surface area contributed by atoms with Gasteiger partial charge in [0.05, 0.1) is 6.10 Å². The van der Waals surface area contributed by atoms with Gasteiger partial charge in [-0.2, -0.15) is 0 Å². The summed E-state index contributed by atoms with van der Waals surface area (Å²) in [6.07, 6.45) is -2.71. The van der Waals surface area contributed by atoms with Crippen LogP contribution in [0.1, 0.15) is 23.0 Å². The van der Waals surface area contributed by atoms with Crippen molar-refractivity contribution >= 4 is 11.3 Å². The quantitative estimate of drug-likeness (QED) is 0.769. The van der Waals surface area contributed by atoms with Crippen LogP contribution in [-0.4, -0.2) is 24.7 Å². The molecule has 0 aliphatic heterocycles. The zero-order valence-corrected chi connectivity index (χ0v) is 9.27. The molecule has 1 aromatic rings. The zero-order valence-electron chi connectivity index (χ0n) is 8.45. The van der Waals surface area contributed by atoms with Crippen LogP contribution in [0.25, 0.3) is 0 Å². The van der Waals surface area contributed by atoms with Crippen LogP contribution in [0.5, 0.6) is 0 Å². The van der Waals surface area contributed by atoms with Gasteiger partial charge in [-0.25, -0.2) is 8.78 Å². The molecule has 0 saturated heterocycles. The topological polar surface area (TPSA) is 29.5 Å². The van der Waals surface area contributed by atoms with E-state index in [1.807, 2.05) is 18.4 Å². The van der Waals surface area contributed by atoms with E-state index in [0.717, 1.165) is 10.4 Å². The van der Waals surface area contributed by atoms with Crippen molar-refractivity contribution in [2.75, 3.05) is 13.2 Å². The van der Waals surface area contributed by atoms with E-state index in [9.17, 15) is 13.9 Å². The van der Waals surface area contributed by atoms with Crippen LogP contribution >= 0.6 is 11.3 Å². The van der Waals surface area contributed by atoms with Crippen LogP contribution in [0.4, 0.5) is 8.78 Å². The van der Waals surface area contributed by atoms with Crippen LogP contribution in [0.3, 0.4) is 0 Å². The first-order valence-electron chi connectivity index (χ1n) is 4.69. The zero-order chi connectivity index (χ0) is 11.3. The summed E-state index contributed by atoms with van der Waals surface area (Å²) in [5.41, 5.74) is 0.862. The molecule has 5 heteroatoms. The van der Waals surface area contributed by atoms with Crippen LogP contribution in [0.2, 0.25) is 0 Å². The minimum Gasteiger partial charge on any atom is -0.388 e. The molecule has 1 unspecified atom stereocenters. The van der Waals surface area contributed by atoms with Gasteiger partial charge < -0.3 is 9.84 Å². The van der Waals surface area contributed by atoms with Crippen LogP contribution < -0.4 is 0 Å². The predicted molar refractivity (Wildman–Crippen MR) is 55.5 cm³/mol. The van der Waals surface area contributed by atoms with Gasteiger partial charge in [-0.15, -0.1) is 11.3 Å². The Morgan fingerprint density at radius 1 is 1.53 bits per heavy atom. The third-order valence-corrected chi connectivity index (χ3v) is 2.90. The number of alkyl halides is 2. The number of rotatable bonds is 6. The van der Waals surface area contributed by atoms with Crippen LogP contribution in [0, 0.1) is 6.92 Å². The summed E-state index contributed by atoms with van der Waals surface area (Å²) < 4.78 is 28.1. The monoisotopic (exact) mass is 236 g/mol. The highest BCUT2D eigenvalue weighted by atomic mass is 32.1. The standard InChI is InChI=1S/C10H14F2O2S/c1-7-8(3-5-15-7)9(13)2-4-14-6-10(11)12/h3,5,9-10,13H,2,4,6H2,1H3. The number of ether oxygens (including phenoxy) is 1. The molecule has 1 atom stereocenters. The second-order valence-electron chi connectivity index (χ2n) is 3.20. The normalized spacial score (nSPS) is 13.4. The number of aryl methyl sites for hydroxylation is 1. The summed E-state index contributed by atoms with van der Waals surface area (Å²) in [6.45, 7) is 1.51. The molecule has 0 aliphatic carbocycles. The smallest absolute Gasteiger partial charge is 0.261 e. The fraction of sp³-hybridized carbons (Fsp3) is 0.600. The fourth-order valence-electron chi connectivity index (χ4n) is 1.26. The van der Waals surface area contributed by atoms with Gasteiger partial charge in [-0.1, -0.05) is 0 Å². The van der Waals surface area contributed by atoms with E-state index in [0.29, 0.717) is 6.42 Å². The fourth-order valence-corrected chi connectivity index (χ4v) is 2.02. The van der Waals surface area contributed by atoms with Gasteiger partial charge in [0.25, 0.3) is 6.43 Å². The van der Waals surface area contributed by atoms with E-state index in [1.165, 1.54) is 0 Å². The van der Waals surface area contributed by atoms with Crippen LogP contribution in [-0.2, 0) is 4.74 Å². The number of halogens is 2. The van der Waals surface area contributed by atoms with Gasteiger partial charge >= 0.3 is 0 Å². The lowest BCUT2D eigenvalue weighted by atomic mass is 10.1. The van der Waals surface area contributed by atoms with Crippen molar-refractivity contribution in [3.05, 3.63) is 21.9 Å². The van der Waals surface area contributed by atoms with Crippen LogP contribution in [0.15, 0.2) is 11.4 Å². The Morgan fingerprint density at radius 2 is 2.27 bits per heavy atom.